The van der Waals surface area contributed by atoms with E-state index in [1.54, 1.807) is 34.8 Å². The normalized spacial score (nSPS) is 14.3. The van der Waals surface area contributed by atoms with Crippen LogP contribution in [0, 0.1) is 0 Å². The second-order valence-electron chi connectivity index (χ2n) is 10.7. The van der Waals surface area contributed by atoms with Crippen LogP contribution in [-0.2, 0) is 23.9 Å². The first-order valence-corrected chi connectivity index (χ1v) is 13.2. The van der Waals surface area contributed by atoms with Crippen molar-refractivity contribution in [1.29, 1.82) is 0 Å². The van der Waals surface area contributed by atoms with Gasteiger partial charge in [0.1, 0.15) is 5.75 Å². The van der Waals surface area contributed by atoms with Gasteiger partial charge in [-0.1, -0.05) is 36.9 Å². The van der Waals surface area contributed by atoms with Crippen LogP contribution in [-0.4, -0.2) is 65.2 Å². The quantitative estimate of drug-likeness (QED) is 0.343. The molecule has 2 aromatic carbocycles. The highest BCUT2D eigenvalue weighted by molar-refractivity contribution is 6.07. The Hall–Kier alpha value is -4.64. The molecule has 11 heteroatoms. The average molecular weight is 560 g/mol. The maximum Gasteiger partial charge on any atom is 0.319 e. The molecule has 3 aromatic rings. The van der Waals surface area contributed by atoms with Gasteiger partial charge in [-0.05, 0) is 51.7 Å². The van der Waals surface area contributed by atoms with E-state index < -0.39 is 11.4 Å². The third-order valence-corrected chi connectivity index (χ3v) is 7.14. The number of anilines is 2. The molecule has 3 N–H and O–H groups in total. The highest BCUT2D eigenvalue weighted by Crippen LogP contribution is 2.42. The Labute approximate surface area is 240 Å². The summed E-state index contributed by atoms with van der Waals surface area (Å²) in [6.07, 6.45) is 1.16. The number of hydrogen-bond acceptors (Lipinski definition) is 6. The van der Waals surface area contributed by atoms with Crippen molar-refractivity contribution in [2.75, 3.05) is 38.4 Å². The number of carbonyl (C=O) groups is 3. The number of aromatic nitrogens is 2. The molecule has 0 radical (unpaired) electrons. The SMILES string of the molecule is C=CC(=O)Nc1ccc(C(=O)Nc2nn(C)c3c2CN(C(=O)N[C@H](CN(C)C)c2ccccc2)C3(C)C)c(OC)c1. The number of nitrogens with zero attached hydrogens (tertiary/aromatic N) is 4. The summed E-state index contributed by atoms with van der Waals surface area (Å²) in [5.41, 5.74) is 2.66. The Kier molecular flexibility index (Phi) is 8.48. The number of fused-ring (bicyclic) bond motifs is 1. The van der Waals surface area contributed by atoms with E-state index >= 15 is 0 Å². The summed E-state index contributed by atoms with van der Waals surface area (Å²) in [6, 6.07) is 14.2. The summed E-state index contributed by atoms with van der Waals surface area (Å²) in [7, 11) is 7.19. The van der Waals surface area contributed by atoms with Crippen molar-refractivity contribution in [3.05, 3.63) is 83.6 Å². The number of likely N-dealkylation sites (N-methyl/N-ethyl adjacent to an activating group) is 1. The summed E-state index contributed by atoms with van der Waals surface area (Å²) in [5, 5.41) is 13.3. The maximum atomic E-state index is 13.7. The van der Waals surface area contributed by atoms with Gasteiger partial charge in [-0.25, -0.2) is 4.79 Å². The molecule has 4 amide bonds. The van der Waals surface area contributed by atoms with Crippen LogP contribution in [0.3, 0.4) is 0 Å². The lowest BCUT2D eigenvalue weighted by Crippen LogP contribution is -2.49. The molecule has 0 saturated carbocycles. The first kappa shape index (κ1) is 29.3. The second-order valence-corrected chi connectivity index (χ2v) is 10.7. The fourth-order valence-electron chi connectivity index (χ4n) is 5.23. The van der Waals surface area contributed by atoms with Crippen molar-refractivity contribution in [2.45, 2.75) is 32.0 Å². The van der Waals surface area contributed by atoms with Crippen LogP contribution in [0.25, 0.3) is 0 Å². The number of hydrogen-bond donors (Lipinski definition) is 3. The largest absolute Gasteiger partial charge is 0.496 e. The summed E-state index contributed by atoms with van der Waals surface area (Å²) >= 11 is 0. The summed E-state index contributed by atoms with van der Waals surface area (Å²) in [5.74, 6) is -0.150. The fraction of sp³-hybridized carbons (Fsp3) is 0.333. The Bertz CT molecular complexity index is 1460. The van der Waals surface area contributed by atoms with Crippen LogP contribution in [0.15, 0.2) is 61.2 Å². The number of amides is 4. The number of ether oxygens (including phenoxy) is 1. The van der Waals surface area contributed by atoms with E-state index in [0.29, 0.717) is 18.1 Å². The van der Waals surface area contributed by atoms with Crippen LogP contribution in [0.4, 0.5) is 16.3 Å². The molecule has 0 spiro atoms. The van der Waals surface area contributed by atoms with Gasteiger partial charge in [-0.15, -0.1) is 0 Å². The van der Waals surface area contributed by atoms with E-state index in [4.69, 9.17) is 4.74 Å². The fourth-order valence-corrected chi connectivity index (χ4v) is 5.23. The lowest BCUT2D eigenvalue weighted by molar-refractivity contribution is -0.111. The highest BCUT2D eigenvalue weighted by Gasteiger charge is 2.45. The molecule has 2 heterocycles. The van der Waals surface area contributed by atoms with Crippen molar-refractivity contribution in [3.8, 4) is 5.75 Å². The van der Waals surface area contributed by atoms with Gasteiger partial charge >= 0.3 is 6.03 Å². The number of benzene rings is 2. The number of nitrogens with one attached hydrogen (secondary N) is 3. The Morgan fingerprint density at radius 2 is 1.85 bits per heavy atom. The third kappa shape index (κ3) is 6.09. The number of methoxy groups -OCH3 is 1. The van der Waals surface area contributed by atoms with Crippen LogP contribution >= 0.6 is 0 Å². The van der Waals surface area contributed by atoms with Crippen molar-refractivity contribution < 1.29 is 19.1 Å². The molecule has 0 saturated heterocycles. The van der Waals surface area contributed by atoms with E-state index in [2.05, 4.69) is 27.6 Å². The molecule has 1 atom stereocenters. The van der Waals surface area contributed by atoms with Crippen molar-refractivity contribution in [2.24, 2.45) is 7.05 Å². The van der Waals surface area contributed by atoms with Gasteiger partial charge in [0, 0.05) is 30.9 Å². The van der Waals surface area contributed by atoms with Gasteiger partial charge in [0.15, 0.2) is 5.82 Å². The molecule has 0 fully saturated rings. The molecule has 4 rings (SSSR count). The van der Waals surface area contributed by atoms with E-state index in [0.717, 1.165) is 22.9 Å². The topological polar surface area (TPSA) is 121 Å². The van der Waals surface area contributed by atoms with Gasteiger partial charge in [0.05, 0.1) is 36.5 Å². The zero-order valence-corrected chi connectivity index (χ0v) is 24.3. The van der Waals surface area contributed by atoms with E-state index in [1.807, 2.05) is 63.2 Å². The molecule has 41 heavy (non-hydrogen) atoms. The Morgan fingerprint density at radius 3 is 2.49 bits per heavy atom. The minimum absolute atomic E-state index is 0.206. The first-order chi connectivity index (χ1) is 19.5. The Balaban J connectivity index is 1.56. The zero-order chi connectivity index (χ0) is 29.9. The predicted octanol–water partition coefficient (Wildman–Crippen LogP) is 3.87. The number of aryl methyl sites for hydroxylation is 1. The van der Waals surface area contributed by atoms with Gasteiger partial charge in [0.25, 0.3) is 5.91 Å². The number of carbonyl (C=O) groups excluding carboxylic acids is 3. The van der Waals surface area contributed by atoms with Crippen molar-refractivity contribution in [1.82, 2.24) is 24.9 Å². The minimum atomic E-state index is -0.688. The summed E-state index contributed by atoms with van der Waals surface area (Å²) in [4.78, 5) is 42.5. The molecule has 216 valence electrons. The standard InChI is InChI=1S/C30H37N7O4/c1-8-25(38)31-20-14-15-21(24(16-20)41-7)28(39)33-27-22-17-37(30(2,3)26(22)36(6)34-27)29(40)32-23(18-35(4)5)19-12-10-9-11-13-19/h8-16,23H,1,17-18H2,2-7H3,(H,31,38)(H,32,40)(H,33,34,39)/t23-/m1/s1. The molecule has 0 bridgehead atoms. The Morgan fingerprint density at radius 1 is 1.15 bits per heavy atom. The molecule has 0 aliphatic carbocycles. The molecular weight excluding hydrogens is 522 g/mol. The summed E-state index contributed by atoms with van der Waals surface area (Å²) < 4.78 is 7.12. The first-order valence-electron chi connectivity index (χ1n) is 13.2. The minimum Gasteiger partial charge on any atom is -0.496 e. The molecule has 11 nitrogen and oxygen atoms in total. The van der Waals surface area contributed by atoms with Gasteiger partial charge in [-0.3, -0.25) is 14.3 Å². The maximum absolute atomic E-state index is 13.7. The van der Waals surface area contributed by atoms with Crippen LogP contribution < -0.4 is 20.7 Å². The van der Waals surface area contributed by atoms with E-state index in [1.165, 1.54) is 7.11 Å². The van der Waals surface area contributed by atoms with Crippen LogP contribution in [0.2, 0.25) is 0 Å². The molecular formula is C30H37N7O4. The van der Waals surface area contributed by atoms with Gasteiger partial charge in [0.2, 0.25) is 5.91 Å². The van der Waals surface area contributed by atoms with Gasteiger partial charge in [-0.2, -0.15) is 5.10 Å². The molecule has 1 aromatic heterocycles. The smallest absolute Gasteiger partial charge is 0.319 e. The average Bonchev–Trinajstić information content (AvgIpc) is 3.41. The highest BCUT2D eigenvalue weighted by atomic mass is 16.5. The number of urea groups is 1. The second kappa shape index (κ2) is 11.8. The monoisotopic (exact) mass is 559 g/mol. The van der Waals surface area contributed by atoms with Crippen molar-refractivity contribution >= 4 is 29.4 Å². The molecule has 0 unspecified atom stereocenters. The van der Waals surface area contributed by atoms with Crippen LogP contribution in [0.1, 0.15) is 47.1 Å². The van der Waals surface area contributed by atoms with Crippen LogP contribution in [0.5, 0.6) is 5.75 Å². The lowest BCUT2D eigenvalue weighted by atomic mass is 10.0. The van der Waals surface area contributed by atoms with Crippen molar-refractivity contribution in [3.63, 3.8) is 0 Å². The van der Waals surface area contributed by atoms with E-state index in [9.17, 15) is 14.4 Å². The molecule has 1 aliphatic rings. The molecule has 1 aliphatic heterocycles. The zero-order valence-electron chi connectivity index (χ0n) is 24.3. The van der Waals surface area contributed by atoms with Gasteiger partial charge < -0.3 is 30.5 Å². The predicted molar refractivity (Wildman–Crippen MR) is 158 cm³/mol. The summed E-state index contributed by atoms with van der Waals surface area (Å²) in [6.45, 7) is 8.28. The lowest BCUT2D eigenvalue weighted by Gasteiger charge is -2.34. The van der Waals surface area contributed by atoms with E-state index in [-0.39, 0.29) is 35.8 Å². The third-order valence-electron chi connectivity index (χ3n) is 7.14. The number of rotatable bonds is 9.